The molecule has 0 bridgehead atoms. The Balaban J connectivity index is 2.30. The minimum absolute atomic E-state index is 0.0401. The Morgan fingerprint density at radius 3 is 2.78 bits per heavy atom. The van der Waals surface area contributed by atoms with Crippen LogP contribution in [0.3, 0.4) is 0 Å². The van der Waals surface area contributed by atoms with Crippen molar-refractivity contribution in [3.8, 4) is 5.75 Å². The van der Waals surface area contributed by atoms with E-state index in [-0.39, 0.29) is 17.5 Å². The number of ether oxygens (including phenoxy) is 1. The molecule has 23 heavy (non-hydrogen) atoms. The van der Waals surface area contributed by atoms with Gasteiger partial charge in [-0.15, -0.1) is 0 Å². The van der Waals surface area contributed by atoms with Gasteiger partial charge in [0.15, 0.2) is 0 Å². The normalized spacial score (nSPS) is 10.4. The van der Waals surface area contributed by atoms with Crippen LogP contribution in [0.15, 0.2) is 6.20 Å². The minimum Gasteiger partial charge on any atom is -0.496 e. The van der Waals surface area contributed by atoms with Crippen molar-refractivity contribution in [3.63, 3.8) is 0 Å². The second kappa shape index (κ2) is 7.23. The molecule has 0 atom stereocenters. The zero-order valence-corrected chi connectivity index (χ0v) is 13.9. The van der Waals surface area contributed by atoms with Crippen LogP contribution in [-0.2, 0) is 17.8 Å². The number of nitrogens with one attached hydrogen (secondary N) is 1. The van der Waals surface area contributed by atoms with Gasteiger partial charge < -0.3 is 20.6 Å². The fourth-order valence-corrected chi connectivity index (χ4v) is 2.55. The summed E-state index contributed by atoms with van der Waals surface area (Å²) in [7, 11) is 1.62. The highest BCUT2D eigenvalue weighted by Crippen LogP contribution is 2.26. The van der Waals surface area contributed by atoms with Gasteiger partial charge in [0.2, 0.25) is 5.95 Å². The molecule has 0 spiro atoms. The molecule has 2 aromatic rings. The standard InChI is InChI=1S/C15H18ClN5O2/c1-8-6-18-11(9(2)12(8)23-3)7-19-14-10(4-5-22)13(16)20-15(17)21-14/h5-6H,4,7H2,1-3H3,(H3,17,19,20,21). The van der Waals surface area contributed by atoms with E-state index in [9.17, 15) is 4.79 Å². The molecule has 0 aliphatic heterocycles. The molecule has 0 saturated carbocycles. The molecule has 3 N–H and O–H groups in total. The third-order valence-electron chi connectivity index (χ3n) is 3.43. The van der Waals surface area contributed by atoms with Crippen molar-refractivity contribution >= 4 is 29.7 Å². The van der Waals surface area contributed by atoms with Crippen molar-refractivity contribution in [2.45, 2.75) is 26.8 Å². The number of anilines is 2. The van der Waals surface area contributed by atoms with Gasteiger partial charge in [-0.25, -0.2) is 4.98 Å². The molecule has 0 fully saturated rings. The van der Waals surface area contributed by atoms with Crippen LogP contribution in [0, 0.1) is 13.8 Å². The summed E-state index contributed by atoms with van der Waals surface area (Å²) in [4.78, 5) is 23.2. The van der Waals surface area contributed by atoms with Gasteiger partial charge in [-0.1, -0.05) is 11.6 Å². The summed E-state index contributed by atoms with van der Waals surface area (Å²) in [5.41, 5.74) is 8.83. The molecule has 0 saturated heterocycles. The second-order valence-corrected chi connectivity index (χ2v) is 5.33. The number of methoxy groups -OCH3 is 1. The predicted octanol–water partition coefficient (Wildman–Crippen LogP) is 2.09. The molecule has 0 aromatic carbocycles. The molecular formula is C15H18ClN5O2. The van der Waals surface area contributed by atoms with Crippen LogP contribution in [0.4, 0.5) is 11.8 Å². The van der Waals surface area contributed by atoms with Crippen LogP contribution >= 0.6 is 11.6 Å². The number of carbonyl (C=O) groups is 1. The molecule has 122 valence electrons. The highest BCUT2D eigenvalue weighted by molar-refractivity contribution is 6.30. The maximum Gasteiger partial charge on any atom is 0.223 e. The highest BCUT2D eigenvalue weighted by Gasteiger charge is 2.14. The Labute approximate surface area is 139 Å². The molecule has 0 radical (unpaired) electrons. The average Bonchev–Trinajstić information content (AvgIpc) is 2.50. The Kier molecular flexibility index (Phi) is 5.33. The molecule has 0 amide bonds. The molecule has 0 aliphatic carbocycles. The quantitative estimate of drug-likeness (QED) is 0.615. The van der Waals surface area contributed by atoms with Crippen molar-refractivity contribution in [1.29, 1.82) is 0 Å². The lowest BCUT2D eigenvalue weighted by atomic mass is 10.1. The molecule has 2 rings (SSSR count). The van der Waals surface area contributed by atoms with E-state index in [1.54, 1.807) is 13.3 Å². The third kappa shape index (κ3) is 3.68. The lowest BCUT2D eigenvalue weighted by Gasteiger charge is -2.14. The second-order valence-electron chi connectivity index (χ2n) is 4.97. The first-order valence-electron chi connectivity index (χ1n) is 6.96. The molecule has 0 unspecified atom stereocenters. The van der Waals surface area contributed by atoms with E-state index in [4.69, 9.17) is 22.1 Å². The van der Waals surface area contributed by atoms with Crippen LogP contribution in [0.5, 0.6) is 5.75 Å². The van der Waals surface area contributed by atoms with Gasteiger partial charge in [0.1, 0.15) is 23.0 Å². The van der Waals surface area contributed by atoms with Gasteiger partial charge in [-0.3, -0.25) is 4.98 Å². The van der Waals surface area contributed by atoms with Crippen molar-refractivity contribution in [2.24, 2.45) is 0 Å². The zero-order valence-electron chi connectivity index (χ0n) is 13.2. The molecule has 0 aliphatic rings. The summed E-state index contributed by atoms with van der Waals surface area (Å²) in [6.07, 6.45) is 2.59. The van der Waals surface area contributed by atoms with Gasteiger partial charge in [-0.2, -0.15) is 4.98 Å². The van der Waals surface area contributed by atoms with Crippen LogP contribution in [0.2, 0.25) is 5.15 Å². The summed E-state index contributed by atoms with van der Waals surface area (Å²) in [6, 6.07) is 0. The van der Waals surface area contributed by atoms with E-state index in [2.05, 4.69) is 20.3 Å². The highest BCUT2D eigenvalue weighted by atomic mass is 35.5. The Morgan fingerprint density at radius 2 is 2.13 bits per heavy atom. The summed E-state index contributed by atoms with van der Waals surface area (Å²) in [5.74, 6) is 1.26. The average molecular weight is 336 g/mol. The number of aldehydes is 1. The zero-order chi connectivity index (χ0) is 17.0. The predicted molar refractivity (Wildman–Crippen MR) is 88.8 cm³/mol. The molecular weight excluding hydrogens is 318 g/mol. The van der Waals surface area contributed by atoms with Crippen LogP contribution in [0.25, 0.3) is 0 Å². The fraction of sp³-hybridized carbons (Fsp3) is 0.333. The van der Waals surface area contributed by atoms with Crippen molar-refractivity contribution in [3.05, 3.63) is 33.7 Å². The number of aromatic nitrogens is 3. The van der Waals surface area contributed by atoms with Gasteiger partial charge in [-0.05, 0) is 13.8 Å². The number of nitrogen functional groups attached to an aromatic ring is 1. The van der Waals surface area contributed by atoms with Gasteiger partial charge in [0.25, 0.3) is 0 Å². The van der Waals surface area contributed by atoms with Gasteiger partial charge in [0.05, 0.1) is 19.3 Å². The lowest BCUT2D eigenvalue weighted by Crippen LogP contribution is -2.11. The maximum absolute atomic E-state index is 10.8. The number of nitrogens with two attached hydrogens (primary N) is 1. The smallest absolute Gasteiger partial charge is 0.223 e. The monoisotopic (exact) mass is 335 g/mol. The Morgan fingerprint density at radius 1 is 1.39 bits per heavy atom. The molecule has 2 aromatic heterocycles. The van der Waals surface area contributed by atoms with E-state index in [1.807, 2.05) is 13.8 Å². The number of nitrogens with zero attached hydrogens (tertiary/aromatic N) is 3. The third-order valence-corrected chi connectivity index (χ3v) is 3.75. The first-order chi connectivity index (χ1) is 11.0. The maximum atomic E-state index is 10.8. The number of aryl methyl sites for hydroxylation is 1. The summed E-state index contributed by atoms with van der Waals surface area (Å²) < 4.78 is 5.39. The number of hydrogen-bond donors (Lipinski definition) is 2. The van der Waals surface area contributed by atoms with Gasteiger partial charge in [0, 0.05) is 29.3 Å². The summed E-state index contributed by atoms with van der Waals surface area (Å²) in [6.45, 7) is 4.26. The number of pyridine rings is 1. The number of carbonyl (C=O) groups excluding carboxylic acids is 1. The topological polar surface area (TPSA) is 103 Å². The Bertz CT molecular complexity index is 736. The summed E-state index contributed by atoms with van der Waals surface area (Å²) >= 11 is 6.03. The van der Waals surface area contributed by atoms with Crippen molar-refractivity contribution in [2.75, 3.05) is 18.2 Å². The number of rotatable bonds is 6. The van der Waals surface area contributed by atoms with Crippen LogP contribution < -0.4 is 15.8 Å². The largest absolute Gasteiger partial charge is 0.496 e. The number of halogens is 1. The lowest BCUT2D eigenvalue weighted by molar-refractivity contribution is -0.107. The fourth-order valence-electron chi connectivity index (χ4n) is 2.30. The van der Waals surface area contributed by atoms with E-state index >= 15 is 0 Å². The van der Waals surface area contributed by atoms with E-state index in [1.165, 1.54) is 0 Å². The van der Waals surface area contributed by atoms with Crippen LogP contribution in [0.1, 0.15) is 22.4 Å². The van der Waals surface area contributed by atoms with Gasteiger partial charge >= 0.3 is 0 Å². The van der Waals surface area contributed by atoms with E-state index in [0.717, 1.165) is 28.9 Å². The van der Waals surface area contributed by atoms with Crippen molar-refractivity contribution < 1.29 is 9.53 Å². The first kappa shape index (κ1) is 17.0. The summed E-state index contributed by atoms with van der Waals surface area (Å²) in [5, 5.41) is 3.28. The van der Waals surface area contributed by atoms with Crippen molar-refractivity contribution in [1.82, 2.24) is 15.0 Å². The first-order valence-corrected chi connectivity index (χ1v) is 7.34. The molecule has 7 nitrogen and oxygen atoms in total. The van der Waals surface area contributed by atoms with E-state index < -0.39 is 0 Å². The van der Waals surface area contributed by atoms with Crippen LogP contribution in [-0.4, -0.2) is 28.3 Å². The minimum atomic E-state index is 0.0401. The number of hydrogen-bond acceptors (Lipinski definition) is 7. The van der Waals surface area contributed by atoms with E-state index in [0.29, 0.717) is 17.9 Å². The molecule has 2 heterocycles. The Hall–Kier alpha value is -2.41. The SMILES string of the molecule is COc1c(C)cnc(CNc2nc(N)nc(Cl)c2CC=O)c1C. The molecule has 8 heteroatoms.